The van der Waals surface area contributed by atoms with Crippen molar-refractivity contribution < 1.29 is 0 Å². The van der Waals surface area contributed by atoms with Gasteiger partial charge in [-0.3, -0.25) is 9.80 Å². The molecule has 1 saturated heterocycles. The van der Waals surface area contributed by atoms with Crippen LogP contribution < -0.4 is 5.32 Å². The predicted octanol–water partition coefficient (Wildman–Crippen LogP) is 2.36. The van der Waals surface area contributed by atoms with Crippen LogP contribution in [0.15, 0.2) is 42.0 Å². The summed E-state index contributed by atoms with van der Waals surface area (Å²) < 4.78 is 0. The Morgan fingerprint density at radius 2 is 1.71 bits per heavy atom. The zero-order chi connectivity index (χ0) is 14.9. The molecule has 116 valence electrons. The highest BCUT2D eigenvalue weighted by molar-refractivity contribution is 5.14. The normalized spacial score (nSPS) is 16.9. The van der Waals surface area contributed by atoms with Gasteiger partial charge in [0.1, 0.15) is 0 Å². The third kappa shape index (κ3) is 6.42. The maximum atomic E-state index is 3.48. The van der Waals surface area contributed by atoms with E-state index in [2.05, 4.69) is 65.4 Å². The molecule has 1 N–H and O–H groups in total. The van der Waals surface area contributed by atoms with Crippen molar-refractivity contribution in [2.45, 2.75) is 20.4 Å². The second-order valence-electron chi connectivity index (χ2n) is 6.09. The summed E-state index contributed by atoms with van der Waals surface area (Å²) in [4.78, 5) is 5.12. The zero-order valence-electron chi connectivity index (χ0n) is 13.5. The van der Waals surface area contributed by atoms with Gasteiger partial charge in [0.25, 0.3) is 0 Å². The molecule has 1 aliphatic rings. The SMILES string of the molecule is CC(C)=CCNCCN1CCN(Cc2ccccc2)CC1. The van der Waals surface area contributed by atoms with Gasteiger partial charge in [-0.05, 0) is 19.4 Å². The van der Waals surface area contributed by atoms with E-state index in [1.54, 1.807) is 0 Å². The number of hydrogen-bond acceptors (Lipinski definition) is 3. The van der Waals surface area contributed by atoms with Crippen molar-refractivity contribution in [2.24, 2.45) is 0 Å². The quantitative estimate of drug-likeness (QED) is 0.613. The number of allylic oxidation sites excluding steroid dienone is 1. The van der Waals surface area contributed by atoms with Crippen molar-refractivity contribution >= 4 is 0 Å². The number of rotatable bonds is 7. The van der Waals surface area contributed by atoms with Gasteiger partial charge in [-0.25, -0.2) is 0 Å². The highest BCUT2D eigenvalue weighted by Gasteiger charge is 2.16. The van der Waals surface area contributed by atoms with Gasteiger partial charge in [0, 0.05) is 52.4 Å². The minimum Gasteiger partial charge on any atom is -0.312 e. The van der Waals surface area contributed by atoms with E-state index in [1.165, 1.54) is 37.3 Å². The summed E-state index contributed by atoms with van der Waals surface area (Å²) in [5.74, 6) is 0. The van der Waals surface area contributed by atoms with Crippen LogP contribution in [0.3, 0.4) is 0 Å². The highest BCUT2D eigenvalue weighted by Crippen LogP contribution is 2.07. The molecular formula is C18H29N3. The minimum absolute atomic E-state index is 0.996. The van der Waals surface area contributed by atoms with E-state index in [0.29, 0.717) is 0 Å². The lowest BCUT2D eigenvalue weighted by molar-refractivity contribution is 0.128. The van der Waals surface area contributed by atoms with E-state index in [0.717, 1.165) is 26.2 Å². The van der Waals surface area contributed by atoms with Gasteiger partial charge in [0.2, 0.25) is 0 Å². The molecule has 1 fully saturated rings. The van der Waals surface area contributed by atoms with Crippen LogP contribution in [0, 0.1) is 0 Å². The van der Waals surface area contributed by atoms with Crippen molar-refractivity contribution in [3.8, 4) is 0 Å². The largest absolute Gasteiger partial charge is 0.312 e. The Labute approximate surface area is 129 Å². The Balaban J connectivity index is 1.59. The molecule has 0 radical (unpaired) electrons. The molecule has 2 rings (SSSR count). The average Bonchev–Trinajstić information content (AvgIpc) is 2.49. The fraction of sp³-hybridized carbons (Fsp3) is 0.556. The molecule has 0 atom stereocenters. The summed E-state index contributed by atoms with van der Waals surface area (Å²) in [6.07, 6.45) is 2.25. The van der Waals surface area contributed by atoms with Crippen LogP contribution in [0.4, 0.5) is 0 Å². The summed E-state index contributed by atoms with van der Waals surface area (Å²) in [5, 5.41) is 3.48. The Morgan fingerprint density at radius 1 is 1.05 bits per heavy atom. The van der Waals surface area contributed by atoms with Crippen molar-refractivity contribution in [1.29, 1.82) is 0 Å². The number of benzene rings is 1. The predicted molar refractivity (Wildman–Crippen MR) is 90.5 cm³/mol. The number of piperazine rings is 1. The van der Waals surface area contributed by atoms with E-state index in [1.807, 2.05) is 0 Å². The van der Waals surface area contributed by atoms with Crippen molar-refractivity contribution in [3.05, 3.63) is 47.5 Å². The smallest absolute Gasteiger partial charge is 0.0234 e. The Kier molecular flexibility index (Phi) is 6.93. The molecule has 21 heavy (non-hydrogen) atoms. The number of nitrogens with one attached hydrogen (secondary N) is 1. The summed E-state index contributed by atoms with van der Waals surface area (Å²) in [6, 6.07) is 10.8. The molecule has 0 saturated carbocycles. The summed E-state index contributed by atoms with van der Waals surface area (Å²) >= 11 is 0. The molecule has 0 spiro atoms. The molecular weight excluding hydrogens is 258 g/mol. The van der Waals surface area contributed by atoms with Crippen LogP contribution in [0.2, 0.25) is 0 Å². The fourth-order valence-corrected chi connectivity index (χ4v) is 2.63. The number of hydrogen-bond donors (Lipinski definition) is 1. The van der Waals surface area contributed by atoms with Crippen LogP contribution in [0.1, 0.15) is 19.4 Å². The molecule has 1 aromatic rings. The van der Waals surface area contributed by atoms with E-state index < -0.39 is 0 Å². The molecule has 0 aliphatic carbocycles. The Bertz CT molecular complexity index is 415. The first-order chi connectivity index (χ1) is 10.2. The van der Waals surface area contributed by atoms with E-state index in [4.69, 9.17) is 0 Å². The second-order valence-corrected chi connectivity index (χ2v) is 6.09. The summed E-state index contributed by atoms with van der Waals surface area (Å²) in [6.45, 7) is 13.4. The third-order valence-corrected chi connectivity index (χ3v) is 3.97. The topological polar surface area (TPSA) is 18.5 Å². The molecule has 1 aliphatic heterocycles. The second kappa shape index (κ2) is 8.98. The van der Waals surface area contributed by atoms with E-state index in [9.17, 15) is 0 Å². The molecule has 1 aromatic carbocycles. The van der Waals surface area contributed by atoms with Crippen molar-refractivity contribution in [2.75, 3.05) is 45.8 Å². The Hall–Kier alpha value is -1.16. The van der Waals surface area contributed by atoms with Gasteiger partial charge in [0.15, 0.2) is 0 Å². The molecule has 0 bridgehead atoms. The van der Waals surface area contributed by atoms with Crippen LogP contribution in [-0.4, -0.2) is 55.6 Å². The van der Waals surface area contributed by atoms with Gasteiger partial charge >= 0.3 is 0 Å². The van der Waals surface area contributed by atoms with Crippen LogP contribution in [0.25, 0.3) is 0 Å². The first-order valence-corrected chi connectivity index (χ1v) is 8.07. The van der Waals surface area contributed by atoms with Gasteiger partial charge < -0.3 is 5.32 Å². The molecule has 1 heterocycles. The van der Waals surface area contributed by atoms with Crippen molar-refractivity contribution in [3.63, 3.8) is 0 Å². The first-order valence-electron chi connectivity index (χ1n) is 8.07. The maximum Gasteiger partial charge on any atom is 0.0234 e. The zero-order valence-corrected chi connectivity index (χ0v) is 13.5. The van der Waals surface area contributed by atoms with Crippen LogP contribution in [0.5, 0.6) is 0 Å². The maximum absolute atomic E-state index is 3.48. The van der Waals surface area contributed by atoms with E-state index >= 15 is 0 Å². The minimum atomic E-state index is 0.996. The lowest BCUT2D eigenvalue weighted by atomic mass is 10.2. The highest BCUT2D eigenvalue weighted by atomic mass is 15.3. The van der Waals surface area contributed by atoms with E-state index in [-0.39, 0.29) is 0 Å². The van der Waals surface area contributed by atoms with Crippen molar-refractivity contribution in [1.82, 2.24) is 15.1 Å². The molecule has 3 nitrogen and oxygen atoms in total. The summed E-state index contributed by atoms with van der Waals surface area (Å²) in [5.41, 5.74) is 2.81. The van der Waals surface area contributed by atoms with Gasteiger partial charge in [-0.1, -0.05) is 42.0 Å². The van der Waals surface area contributed by atoms with Crippen LogP contribution >= 0.6 is 0 Å². The lowest BCUT2D eigenvalue weighted by Gasteiger charge is -2.34. The molecule has 0 aromatic heterocycles. The molecule has 3 heteroatoms. The standard InChI is InChI=1S/C18H29N3/c1-17(2)8-9-19-10-11-20-12-14-21(15-13-20)16-18-6-4-3-5-7-18/h3-8,19H,9-16H2,1-2H3. The molecule has 0 unspecified atom stereocenters. The van der Waals surface area contributed by atoms with Gasteiger partial charge in [0.05, 0.1) is 0 Å². The lowest BCUT2D eigenvalue weighted by Crippen LogP contribution is -2.47. The monoisotopic (exact) mass is 287 g/mol. The third-order valence-electron chi connectivity index (χ3n) is 3.97. The first kappa shape index (κ1) is 16.2. The molecule has 0 amide bonds. The number of nitrogens with zero attached hydrogens (tertiary/aromatic N) is 2. The average molecular weight is 287 g/mol. The summed E-state index contributed by atoms with van der Waals surface area (Å²) in [7, 11) is 0. The Morgan fingerprint density at radius 3 is 2.38 bits per heavy atom. The van der Waals surface area contributed by atoms with Gasteiger partial charge in [-0.15, -0.1) is 0 Å². The van der Waals surface area contributed by atoms with Gasteiger partial charge in [-0.2, -0.15) is 0 Å². The fourth-order valence-electron chi connectivity index (χ4n) is 2.63. The van der Waals surface area contributed by atoms with Crippen LogP contribution in [-0.2, 0) is 6.54 Å².